The number of piperidine rings is 1. The zero-order chi connectivity index (χ0) is 23.9. The SMILES string of the molecule is COC(=O)CN(C)C[C@H](C(C)C)N(C)C(=O)[C@@H](NC(=O)[C@H]1CCCCN1C)C(C)(C)C. The molecule has 1 heterocycles. The Morgan fingerprint density at radius 3 is 2.26 bits per heavy atom. The fourth-order valence-electron chi connectivity index (χ4n) is 4.11. The molecule has 180 valence electrons. The summed E-state index contributed by atoms with van der Waals surface area (Å²) in [6.45, 7) is 11.6. The van der Waals surface area contributed by atoms with Gasteiger partial charge in [-0.2, -0.15) is 0 Å². The Morgan fingerprint density at radius 1 is 1.16 bits per heavy atom. The zero-order valence-corrected chi connectivity index (χ0v) is 21.0. The molecule has 3 atom stereocenters. The predicted molar refractivity (Wildman–Crippen MR) is 123 cm³/mol. The van der Waals surface area contributed by atoms with Gasteiger partial charge in [0.15, 0.2) is 0 Å². The minimum atomic E-state index is -0.632. The first-order valence-electron chi connectivity index (χ1n) is 11.3. The van der Waals surface area contributed by atoms with Crippen molar-refractivity contribution in [3.8, 4) is 0 Å². The Bertz CT molecular complexity index is 617. The summed E-state index contributed by atoms with van der Waals surface area (Å²) < 4.78 is 4.75. The summed E-state index contributed by atoms with van der Waals surface area (Å²) in [5, 5.41) is 3.07. The molecule has 8 heteroatoms. The highest BCUT2D eigenvalue weighted by Crippen LogP contribution is 2.24. The third-order valence-electron chi connectivity index (χ3n) is 6.21. The van der Waals surface area contributed by atoms with Crippen LogP contribution in [-0.2, 0) is 19.1 Å². The lowest BCUT2D eigenvalue weighted by Crippen LogP contribution is -2.60. The van der Waals surface area contributed by atoms with Crippen LogP contribution in [0.3, 0.4) is 0 Å². The van der Waals surface area contributed by atoms with E-state index in [2.05, 4.69) is 24.1 Å². The van der Waals surface area contributed by atoms with Crippen LogP contribution in [0.15, 0.2) is 0 Å². The Balaban J connectivity index is 2.98. The molecule has 1 aliphatic rings. The zero-order valence-electron chi connectivity index (χ0n) is 21.0. The van der Waals surface area contributed by atoms with Gasteiger partial charge in [-0.15, -0.1) is 0 Å². The van der Waals surface area contributed by atoms with Crippen molar-refractivity contribution in [3.63, 3.8) is 0 Å². The van der Waals surface area contributed by atoms with Gasteiger partial charge in [0.05, 0.1) is 19.7 Å². The van der Waals surface area contributed by atoms with Crippen LogP contribution in [0.5, 0.6) is 0 Å². The maximum Gasteiger partial charge on any atom is 0.319 e. The van der Waals surface area contributed by atoms with Crippen molar-refractivity contribution >= 4 is 17.8 Å². The number of nitrogens with one attached hydrogen (secondary N) is 1. The molecule has 0 aliphatic carbocycles. The normalized spacial score (nSPS) is 19.8. The number of ether oxygens (including phenoxy) is 1. The second-order valence-electron chi connectivity index (χ2n) is 10.3. The summed E-state index contributed by atoms with van der Waals surface area (Å²) in [7, 11) is 6.96. The molecule has 0 aromatic rings. The minimum absolute atomic E-state index is 0.0761. The molecule has 1 fully saturated rings. The molecule has 0 aromatic carbocycles. The van der Waals surface area contributed by atoms with Crippen molar-refractivity contribution in [1.82, 2.24) is 20.0 Å². The largest absolute Gasteiger partial charge is 0.468 e. The molecular weight excluding hydrogens is 396 g/mol. The first-order valence-corrected chi connectivity index (χ1v) is 11.3. The lowest BCUT2D eigenvalue weighted by atomic mass is 9.84. The van der Waals surface area contributed by atoms with E-state index in [9.17, 15) is 14.4 Å². The van der Waals surface area contributed by atoms with E-state index in [0.717, 1.165) is 25.8 Å². The average molecular weight is 441 g/mol. The first-order chi connectivity index (χ1) is 14.3. The standard InChI is InChI=1S/C23H44N4O4/c1-16(2)18(14-25(6)15-19(28)31-9)27(8)22(30)20(23(3,4)5)24-21(29)17-12-10-11-13-26(17)7/h16-18,20H,10-15H2,1-9H3,(H,24,29)/t17-,18-,20-/m1/s1. The third-order valence-corrected chi connectivity index (χ3v) is 6.21. The van der Waals surface area contributed by atoms with E-state index in [0.29, 0.717) is 6.54 Å². The Morgan fingerprint density at radius 2 is 1.77 bits per heavy atom. The molecule has 1 N–H and O–H groups in total. The molecule has 0 unspecified atom stereocenters. The van der Waals surface area contributed by atoms with Crippen LogP contribution >= 0.6 is 0 Å². The van der Waals surface area contributed by atoms with Crippen LogP contribution in [0.1, 0.15) is 53.9 Å². The highest BCUT2D eigenvalue weighted by molar-refractivity contribution is 5.90. The molecular formula is C23H44N4O4. The van der Waals surface area contributed by atoms with Crippen molar-refractivity contribution in [2.75, 3.05) is 47.9 Å². The van der Waals surface area contributed by atoms with Crippen LogP contribution in [0.25, 0.3) is 0 Å². The van der Waals surface area contributed by atoms with Crippen molar-refractivity contribution in [2.45, 2.75) is 72.0 Å². The number of amides is 2. The summed E-state index contributed by atoms with van der Waals surface area (Å²) in [5.74, 6) is -0.317. The third kappa shape index (κ3) is 8.07. The number of esters is 1. The van der Waals surface area contributed by atoms with E-state index in [4.69, 9.17) is 4.74 Å². The van der Waals surface area contributed by atoms with Gasteiger partial charge in [-0.1, -0.05) is 41.0 Å². The molecule has 0 bridgehead atoms. The molecule has 0 saturated carbocycles. The summed E-state index contributed by atoms with van der Waals surface area (Å²) in [4.78, 5) is 43.9. The lowest BCUT2D eigenvalue weighted by Gasteiger charge is -2.40. The number of likely N-dealkylation sites (N-methyl/N-ethyl adjacent to an activating group) is 3. The molecule has 31 heavy (non-hydrogen) atoms. The molecule has 0 aromatic heterocycles. The maximum absolute atomic E-state index is 13.6. The van der Waals surface area contributed by atoms with Gasteiger partial charge in [-0.3, -0.25) is 24.2 Å². The van der Waals surface area contributed by atoms with Crippen LogP contribution in [-0.4, -0.2) is 98.5 Å². The van der Waals surface area contributed by atoms with Gasteiger partial charge in [0.2, 0.25) is 11.8 Å². The molecule has 8 nitrogen and oxygen atoms in total. The Labute approximate surface area is 188 Å². The molecule has 0 spiro atoms. The van der Waals surface area contributed by atoms with Crippen molar-refractivity contribution in [3.05, 3.63) is 0 Å². The van der Waals surface area contributed by atoms with Gasteiger partial charge < -0.3 is 15.0 Å². The summed E-state index contributed by atoms with van der Waals surface area (Å²) in [6, 6.07) is -0.933. The molecule has 1 saturated heterocycles. The fourth-order valence-corrected chi connectivity index (χ4v) is 4.11. The summed E-state index contributed by atoms with van der Waals surface area (Å²) in [6.07, 6.45) is 2.94. The number of likely N-dealkylation sites (tertiary alicyclic amines) is 1. The second kappa shape index (κ2) is 11.8. The number of hydrogen-bond acceptors (Lipinski definition) is 6. The van der Waals surface area contributed by atoms with E-state index < -0.39 is 11.5 Å². The van der Waals surface area contributed by atoms with Crippen molar-refractivity contribution in [2.24, 2.45) is 11.3 Å². The van der Waals surface area contributed by atoms with Gasteiger partial charge in [0.25, 0.3) is 0 Å². The lowest BCUT2D eigenvalue weighted by molar-refractivity contribution is -0.143. The van der Waals surface area contributed by atoms with Crippen molar-refractivity contribution in [1.29, 1.82) is 0 Å². The number of rotatable bonds is 9. The molecule has 1 aliphatic heterocycles. The van der Waals surface area contributed by atoms with Crippen LogP contribution < -0.4 is 5.32 Å². The van der Waals surface area contributed by atoms with Gasteiger partial charge in [-0.05, 0) is 44.8 Å². The van der Waals surface area contributed by atoms with E-state index in [1.807, 2.05) is 39.8 Å². The van der Waals surface area contributed by atoms with Gasteiger partial charge >= 0.3 is 5.97 Å². The molecule has 0 radical (unpaired) electrons. The van der Waals surface area contributed by atoms with Crippen LogP contribution in [0.2, 0.25) is 0 Å². The van der Waals surface area contributed by atoms with E-state index >= 15 is 0 Å². The topological polar surface area (TPSA) is 82.2 Å². The highest BCUT2D eigenvalue weighted by atomic mass is 16.5. The molecule has 1 rings (SSSR count). The number of carbonyl (C=O) groups excluding carboxylic acids is 3. The van der Waals surface area contributed by atoms with Crippen LogP contribution in [0, 0.1) is 11.3 Å². The number of methoxy groups -OCH3 is 1. The van der Waals surface area contributed by atoms with E-state index in [1.165, 1.54) is 7.11 Å². The number of nitrogens with zero attached hydrogens (tertiary/aromatic N) is 3. The minimum Gasteiger partial charge on any atom is -0.468 e. The second-order valence-corrected chi connectivity index (χ2v) is 10.3. The van der Waals surface area contributed by atoms with Gasteiger partial charge in [0.1, 0.15) is 6.04 Å². The molecule has 2 amide bonds. The fraction of sp³-hybridized carbons (Fsp3) is 0.870. The van der Waals surface area contributed by atoms with Crippen LogP contribution in [0.4, 0.5) is 0 Å². The van der Waals surface area contributed by atoms with Crippen molar-refractivity contribution < 1.29 is 19.1 Å². The average Bonchev–Trinajstić information content (AvgIpc) is 2.68. The Hall–Kier alpha value is -1.67. The van der Waals surface area contributed by atoms with Gasteiger partial charge in [-0.25, -0.2) is 0 Å². The highest BCUT2D eigenvalue weighted by Gasteiger charge is 2.39. The summed E-state index contributed by atoms with van der Waals surface area (Å²) in [5.41, 5.74) is -0.437. The quantitative estimate of drug-likeness (QED) is 0.549. The summed E-state index contributed by atoms with van der Waals surface area (Å²) >= 11 is 0. The van der Waals surface area contributed by atoms with Gasteiger partial charge in [0, 0.05) is 19.6 Å². The first kappa shape index (κ1) is 27.4. The number of hydrogen-bond donors (Lipinski definition) is 1. The predicted octanol–water partition coefficient (Wildman–Crippen LogP) is 1.59. The Kier molecular flexibility index (Phi) is 10.4. The van der Waals surface area contributed by atoms with E-state index in [-0.39, 0.29) is 42.3 Å². The number of carbonyl (C=O) groups is 3. The smallest absolute Gasteiger partial charge is 0.319 e. The van der Waals surface area contributed by atoms with E-state index in [1.54, 1.807) is 11.9 Å². The monoisotopic (exact) mass is 440 g/mol. The maximum atomic E-state index is 13.6.